The molecule has 0 aliphatic heterocycles. The van der Waals surface area contributed by atoms with Gasteiger partial charge in [0.2, 0.25) is 0 Å². The summed E-state index contributed by atoms with van der Waals surface area (Å²) in [6.07, 6.45) is 7.17. The first kappa shape index (κ1) is 41.8. The molecular formula is C28H52O2. The standard InChI is InChI=1S/2C6H6O.2C4H8.C3H8.2C2H6.CH4/c2*7-6-4-2-1-3-5-6;2*1-3-4-2;1-3-2;2*1-2;/h2*1-5,7H;2*3H,1,4H2,2H3;3H2,1-2H3;2*1-2H3;1H4. The average Bonchev–Trinajstić information content (AvgIpc) is 2.79. The van der Waals surface area contributed by atoms with Crippen LogP contribution in [-0.2, 0) is 0 Å². The molecule has 0 radical (unpaired) electrons. The summed E-state index contributed by atoms with van der Waals surface area (Å²) >= 11 is 0. The predicted octanol–water partition coefficient (Wildman–Crippen LogP) is 10.1. The van der Waals surface area contributed by atoms with Crippen molar-refractivity contribution in [3.8, 4) is 11.5 Å². The molecule has 2 aromatic carbocycles. The molecule has 2 N–H and O–H groups in total. The predicted molar refractivity (Wildman–Crippen MR) is 143 cm³/mol. The van der Waals surface area contributed by atoms with Gasteiger partial charge in [-0.3, -0.25) is 0 Å². The Bertz CT molecular complexity index is 419. The van der Waals surface area contributed by atoms with Gasteiger partial charge < -0.3 is 10.2 Å². The lowest BCUT2D eigenvalue weighted by Crippen LogP contribution is -1.56. The van der Waals surface area contributed by atoms with Crippen LogP contribution in [0.15, 0.2) is 86.0 Å². The van der Waals surface area contributed by atoms with Gasteiger partial charge in [0.15, 0.2) is 0 Å². The van der Waals surface area contributed by atoms with Crippen LogP contribution in [0.5, 0.6) is 11.5 Å². The van der Waals surface area contributed by atoms with E-state index in [9.17, 15) is 0 Å². The number of hydrogen-bond donors (Lipinski definition) is 2. The van der Waals surface area contributed by atoms with E-state index in [-0.39, 0.29) is 7.43 Å². The molecular weight excluding hydrogens is 368 g/mol. The van der Waals surface area contributed by atoms with Crippen molar-refractivity contribution in [3.63, 3.8) is 0 Å². The molecule has 2 aromatic rings. The van der Waals surface area contributed by atoms with Gasteiger partial charge in [-0.1, -0.05) is 118 Å². The maximum Gasteiger partial charge on any atom is 0.115 e. The lowest BCUT2D eigenvalue weighted by Gasteiger charge is -1.82. The van der Waals surface area contributed by atoms with Crippen molar-refractivity contribution in [1.82, 2.24) is 0 Å². The van der Waals surface area contributed by atoms with Crippen LogP contribution in [0.25, 0.3) is 0 Å². The van der Waals surface area contributed by atoms with Crippen LogP contribution in [0.4, 0.5) is 0 Å². The highest BCUT2D eigenvalue weighted by atomic mass is 16.3. The molecule has 0 amide bonds. The zero-order valence-electron chi connectivity index (χ0n) is 20.4. The number of rotatable bonds is 2. The van der Waals surface area contributed by atoms with E-state index in [1.54, 1.807) is 48.5 Å². The van der Waals surface area contributed by atoms with Gasteiger partial charge in [-0.2, -0.15) is 0 Å². The third-order valence-electron chi connectivity index (χ3n) is 2.09. The number of para-hydroxylation sites is 2. The minimum Gasteiger partial charge on any atom is -0.508 e. The van der Waals surface area contributed by atoms with E-state index in [2.05, 4.69) is 40.9 Å². The van der Waals surface area contributed by atoms with Crippen molar-refractivity contribution >= 4 is 0 Å². The molecule has 176 valence electrons. The molecule has 2 rings (SSSR count). The van der Waals surface area contributed by atoms with Gasteiger partial charge in [0, 0.05) is 0 Å². The first-order valence-electron chi connectivity index (χ1n) is 10.7. The van der Waals surface area contributed by atoms with Crippen LogP contribution in [-0.4, -0.2) is 10.2 Å². The fourth-order valence-corrected chi connectivity index (χ4v) is 0.856. The number of phenols is 2. The maximum atomic E-state index is 8.63. The summed E-state index contributed by atoms with van der Waals surface area (Å²) in [5.74, 6) is 0.644. The van der Waals surface area contributed by atoms with E-state index in [1.165, 1.54) is 6.42 Å². The third-order valence-corrected chi connectivity index (χ3v) is 2.09. The molecule has 30 heavy (non-hydrogen) atoms. The quantitative estimate of drug-likeness (QED) is 0.474. The summed E-state index contributed by atoms with van der Waals surface area (Å²) in [5, 5.41) is 17.3. The molecule has 2 nitrogen and oxygen atoms in total. The zero-order chi connectivity index (χ0) is 23.8. The molecule has 0 aliphatic carbocycles. The number of aromatic hydroxyl groups is 2. The van der Waals surface area contributed by atoms with Crippen LogP contribution in [0, 0.1) is 0 Å². The number of phenolic OH excluding ortho intramolecular Hbond substituents is 2. The molecule has 0 fully saturated rings. The van der Waals surface area contributed by atoms with Crippen molar-refractivity contribution in [2.24, 2.45) is 0 Å². The summed E-state index contributed by atoms with van der Waals surface area (Å²) in [6, 6.07) is 17.4. The van der Waals surface area contributed by atoms with E-state index in [1.807, 2.05) is 52.0 Å². The minimum atomic E-state index is 0. The molecule has 0 saturated carbocycles. The Morgan fingerprint density at radius 1 is 0.600 bits per heavy atom. The highest BCUT2D eigenvalue weighted by molar-refractivity contribution is 5.19. The fourth-order valence-electron chi connectivity index (χ4n) is 0.856. The first-order valence-corrected chi connectivity index (χ1v) is 10.7. The number of allylic oxidation sites excluding steroid dienone is 2. The second-order valence-electron chi connectivity index (χ2n) is 4.77. The largest absolute Gasteiger partial charge is 0.508 e. The molecule has 0 spiro atoms. The van der Waals surface area contributed by atoms with Gasteiger partial charge >= 0.3 is 0 Å². The highest BCUT2D eigenvalue weighted by Crippen LogP contribution is 2.03. The van der Waals surface area contributed by atoms with Crippen molar-refractivity contribution < 1.29 is 10.2 Å². The maximum absolute atomic E-state index is 8.63. The monoisotopic (exact) mass is 420 g/mol. The van der Waals surface area contributed by atoms with Crippen LogP contribution in [0.1, 0.15) is 82.1 Å². The van der Waals surface area contributed by atoms with Gasteiger partial charge in [0.05, 0.1) is 0 Å². The van der Waals surface area contributed by atoms with E-state index in [0.717, 1.165) is 12.8 Å². The second kappa shape index (κ2) is 50.4. The SMILES string of the molecule is C.C=CCC.C=CCC.CC.CC.CCC.Oc1ccccc1.Oc1ccccc1. The van der Waals surface area contributed by atoms with E-state index in [4.69, 9.17) is 10.2 Å². The molecule has 0 unspecified atom stereocenters. The molecule has 0 aliphatic rings. The molecule has 0 atom stereocenters. The van der Waals surface area contributed by atoms with E-state index < -0.39 is 0 Å². The van der Waals surface area contributed by atoms with Crippen LogP contribution < -0.4 is 0 Å². The lowest BCUT2D eigenvalue weighted by molar-refractivity contribution is 0.475. The minimum absolute atomic E-state index is 0. The molecule has 0 bridgehead atoms. The second-order valence-corrected chi connectivity index (χ2v) is 4.77. The van der Waals surface area contributed by atoms with Crippen LogP contribution >= 0.6 is 0 Å². The molecule has 2 heteroatoms. The Labute approximate surface area is 190 Å². The average molecular weight is 421 g/mol. The molecule has 0 saturated heterocycles. The molecule has 0 heterocycles. The van der Waals surface area contributed by atoms with Gasteiger partial charge in [0.25, 0.3) is 0 Å². The Hall–Kier alpha value is -2.48. The summed E-state index contributed by atoms with van der Waals surface area (Å²) in [4.78, 5) is 0. The number of hydrogen-bond acceptors (Lipinski definition) is 2. The van der Waals surface area contributed by atoms with Crippen LogP contribution in [0.3, 0.4) is 0 Å². The fraction of sp³-hybridized carbons (Fsp3) is 0.429. The smallest absolute Gasteiger partial charge is 0.115 e. The zero-order valence-corrected chi connectivity index (χ0v) is 20.4. The Kier molecular flexibility index (Phi) is 70.2. The first-order chi connectivity index (χ1) is 14.0. The summed E-state index contributed by atoms with van der Waals surface area (Å²) in [6.45, 7) is 23.3. The molecule has 0 aromatic heterocycles. The summed E-state index contributed by atoms with van der Waals surface area (Å²) < 4.78 is 0. The van der Waals surface area contributed by atoms with Crippen molar-refractivity contribution in [3.05, 3.63) is 86.0 Å². The lowest BCUT2D eigenvalue weighted by atomic mass is 10.3. The van der Waals surface area contributed by atoms with Crippen LogP contribution in [0.2, 0.25) is 0 Å². The normalized spacial score (nSPS) is 6.67. The number of benzene rings is 2. The van der Waals surface area contributed by atoms with Crippen molar-refractivity contribution in [2.45, 2.75) is 82.1 Å². The van der Waals surface area contributed by atoms with Crippen molar-refractivity contribution in [2.75, 3.05) is 0 Å². The Morgan fingerprint density at radius 3 is 0.833 bits per heavy atom. The van der Waals surface area contributed by atoms with E-state index in [0.29, 0.717) is 11.5 Å². The highest BCUT2D eigenvalue weighted by Gasteiger charge is 1.75. The topological polar surface area (TPSA) is 40.5 Å². The summed E-state index contributed by atoms with van der Waals surface area (Å²) in [7, 11) is 0. The Balaban J connectivity index is -0.0000000591. The third kappa shape index (κ3) is 63.7. The van der Waals surface area contributed by atoms with Gasteiger partial charge in [-0.25, -0.2) is 0 Å². The van der Waals surface area contributed by atoms with Gasteiger partial charge in [0.1, 0.15) is 11.5 Å². The van der Waals surface area contributed by atoms with E-state index >= 15 is 0 Å². The Morgan fingerprint density at radius 2 is 0.767 bits per heavy atom. The van der Waals surface area contributed by atoms with Gasteiger partial charge in [-0.05, 0) is 37.1 Å². The summed E-state index contributed by atoms with van der Waals surface area (Å²) in [5.41, 5.74) is 0. The van der Waals surface area contributed by atoms with Gasteiger partial charge in [-0.15, -0.1) is 13.2 Å². The van der Waals surface area contributed by atoms with Crippen molar-refractivity contribution in [1.29, 1.82) is 0 Å².